The van der Waals surface area contributed by atoms with Gasteiger partial charge in [0, 0.05) is 117 Å². The molecule has 3 aliphatic heterocycles. The van der Waals surface area contributed by atoms with E-state index in [4.69, 9.17) is 28.9 Å². The van der Waals surface area contributed by atoms with Crippen LogP contribution < -0.4 is 36.0 Å². The topological polar surface area (TPSA) is 218 Å². The van der Waals surface area contributed by atoms with Crippen LogP contribution in [-0.2, 0) is 42.9 Å². The van der Waals surface area contributed by atoms with Gasteiger partial charge in [-0.05, 0) is 110 Å². The second-order valence-corrected chi connectivity index (χ2v) is 26.2. The summed E-state index contributed by atoms with van der Waals surface area (Å²) in [7, 11) is 4.92. The van der Waals surface area contributed by atoms with Gasteiger partial charge in [-0.3, -0.25) is 29.5 Å². The average molecular weight is 1300 g/mol. The summed E-state index contributed by atoms with van der Waals surface area (Å²) >= 11 is 0. The van der Waals surface area contributed by atoms with E-state index in [-0.39, 0.29) is 55.8 Å². The van der Waals surface area contributed by atoms with Crippen molar-refractivity contribution >= 4 is 57.4 Å². The zero-order chi connectivity index (χ0) is 66.8. The number of fused-ring (bicyclic) bond motifs is 5. The fraction of sp³-hybridized carbons (Fsp3) is 0.338. The van der Waals surface area contributed by atoms with E-state index >= 15 is 0 Å². The summed E-state index contributed by atoms with van der Waals surface area (Å²) in [6.45, 7) is 6.08. The molecule has 20 heteroatoms. The SMILES string of the molecule is COc1ccc(C#CCNC2(C)CCN(C3CCN(c4nc([C@@](COCNC(=O)[C@H](Cc5ccccc5)N(C)C(=O)OC5c6ccccc6-c6ccccc65)(OC5CC5)c5ccccc5)c5cc(-c6cn(C)c(=O)c7[nH]ccc67)ccc5n4)CC3)CC2)cc1N1CCC(=O)NC1=O. The molecule has 14 rings (SSSR count). The highest BCUT2D eigenvalue weighted by Crippen LogP contribution is 2.47. The second-order valence-electron chi connectivity index (χ2n) is 26.2. The Balaban J connectivity index is 0.710. The van der Waals surface area contributed by atoms with Gasteiger partial charge in [0.15, 0.2) is 11.7 Å². The van der Waals surface area contributed by atoms with Crippen LogP contribution in [0.5, 0.6) is 5.75 Å². The average Bonchev–Trinajstić information content (AvgIpc) is 0.801. The van der Waals surface area contributed by atoms with E-state index < -0.39 is 35.8 Å². The van der Waals surface area contributed by atoms with Crippen molar-refractivity contribution in [3.05, 3.63) is 208 Å². The molecule has 9 aromatic rings. The highest BCUT2D eigenvalue weighted by Gasteiger charge is 2.46. The van der Waals surface area contributed by atoms with E-state index in [1.165, 1.54) is 9.80 Å². The van der Waals surface area contributed by atoms with Gasteiger partial charge < -0.3 is 48.9 Å². The Bertz CT molecular complexity index is 4520. The Kier molecular flexibility index (Phi) is 18.2. The molecule has 6 heterocycles. The van der Waals surface area contributed by atoms with Gasteiger partial charge in [0.05, 0.1) is 43.3 Å². The van der Waals surface area contributed by atoms with Gasteiger partial charge in [0.1, 0.15) is 24.0 Å². The first-order chi connectivity index (χ1) is 47.2. The molecule has 6 aromatic carbocycles. The predicted octanol–water partition coefficient (Wildman–Crippen LogP) is 10.4. The van der Waals surface area contributed by atoms with Gasteiger partial charge in [0.25, 0.3) is 5.56 Å². The summed E-state index contributed by atoms with van der Waals surface area (Å²) in [4.78, 5) is 89.3. The van der Waals surface area contributed by atoms with Crippen molar-refractivity contribution in [1.29, 1.82) is 0 Å². The second kappa shape index (κ2) is 27.5. The molecule has 1 saturated carbocycles. The van der Waals surface area contributed by atoms with Crippen LogP contribution in [0.4, 0.5) is 21.2 Å². The number of likely N-dealkylation sites (N-methyl/N-ethyl adjacent to an activating group) is 1. The Morgan fingerprint density at radius 2 is 1.51 bits per heavy atom. The van der Waals surface area contributed by atoms with E-state index in [0.29, 0.717) is 46.7 Å². The maximum atomic E-state index is 14.8. The number of nitrogens with zero attached hydrogens (tertiary/aromatic N) is 7. The molecule has 2 aliphatic carbocycles. The highest BCUT2D eigenvalue weighted by atomic mass is 16.6. The van der Waals surface area contributed by atoms with Gasteiger partial charge in [-0.15, -0.1) is 0 Å². The smallest absolute Gasteiger partial charge is 0.411 e. The number of urea groups is 1. The number of carbonyl (C=O) groups excluding carboxylic acids is 4. The maximum Gasteiger partial charge on any atom is 0.411 e. The Labute approximate surface area is 563 Å². The van der Waals surface area contributed by atoms with Crippen molar-refractivity contribution in [3.8, 4) is 39.8 Å². The van der Waals surface area contributed by atoms with E-state index in [2.05, 4.69) is 61.6 Å². The number of aromatic nitrogens is 4. The zero-order valence-electron chi connectivity index (χ0n) is 55.0. The minimum atomic E-state index is -1.33. The largest absolute Gasteiger partial charge is 0.495 e. The van der Waals surface area contributed by atoms with Crippen LogP contribution in [0, 0.1) is 11.8 Å². The number of hydrogen-bond donors (Lipinski definition) is 4. The molecule has 496 valence electrons. The normalized spacial score (nSPS) is 17.4. The number of hydrogen-bond acceptors (Lipinski definition) is 14. The van der Waals surface area contributed by atoms with Crippen molar-refractivity contribution in [2.45, 2.75) is 93.7 Å². The first-order valence-corrected chi connectivity index (χ1v) is 33.5. The monoisotopic (exact) mass is 1300 g/mol. The number of aryl methyl sites for hydroxylation is 1. The number of carbonyl (C=O) groups is 4. The third-order valence-electron chi connectivity index (χ3n) is 19.9. The molecule has 4 fully saturated rings. The van der Waals surface area contributed by atoms with E-state index in [0.717, 1.165) is 126 Å². The number of imide groups is 1. The van der Waals surface area contributed by atoms with Gasteiger partial charge >= 0.3 is 12.1 Å². The lowest BCUT2D eigenvalue weighted by Crippen LogP contribution is -2.55. The Hall–Kier alpha value is -10.2. The molecule has 20 nitrogen and oxygen atoms in total. The minimum absolute atomic E-state index is 0.0565. The number of nitrogens with one attached hydrogen (secondary N) is 4. The fourth-order valence-corrected chi connectivity index (χ4v) is 14.2. The minimum Gasteiger partial charge on any atom is -0.495 e. The molecule has 0 bridgehead atoms. The molecule has 0 unspecified atom stereocenters. The van der Waals surface area contributed by atoms with E-state index in [1.807, 2.05) is 140 Å². The van der Waals surface area contributed by atoms with Crippen LogP contribution in [0.15, 0.2) is 169 Å². The first-order valence-electron chi connectivity index (χ1n) is 33.5. The lowest BCUT2D eigenvalue weighted by molar-refractivity contribution is -0.130. The van der Waals surface area contributed by atoms with E-state index in [1.54, 1.807) is 38.0 Å². The molecule has 5 aliphatic rings. The van der Waals surface area contributed by atoms with Gasteiger partial charge in [-0.25, -0.2) is 19.6 Å². The summed E-state index contributed by atoms with van der Waals surface area (Å²) in [6.07, 6.45) is 8.09. The van der Waals surface area contributed by atoms with Crippen molar-refractivity contribution in [3.63, 3.8) is 0 Å². The summed E-state index contributed by atoms with van der Waals surface area (Å²) in [5.41, 5.74) is 8.76. The number of anilines is 2. The third-order valence-corrected chi connectivity index (χ3v) is 19.9. The molecule has 5 amide bonds. The number of likely N-dealkylation sites (tertiary alicyclic amines) is 1. The molecule has 4 N–H and O–H groups in total. The Morgan fingerprint density at radius 1 is 0.794 bits per heavy atom. The highest BCUT2D eigenvalue weighted by molar-refractivity contribution is 6.06. The summed E-state index contributed by atoms with van der Waals surface area (Å²) in [5.74, 6) is 6.96. The van der Waals surface area contributed by atoms with Crippen molar-refractivity contribution in [1.82, 2.24) is 45.3 Å². The van der Waals surface area contributed by atoms with Crippen molar-refractivity contribution < 1.29 is 38.1 Å². The fourth-order valence-electron chi connectivity index (χ4n) is 14.2. The van der Waals surface area contributed by atoms with Crippen molar-refractivity contribution in [2.24, 2.45) is 7.05 Å². The lowest BCUT2D eigenvalue weighted by Gasteiger charge is -2.45. The predicted molar refractivity (Wildman–Crippen MR) is 372 cm³/mol. The summed E-state index contributed by atoms with van der Waals surface area (Å²) in [5, 5.41) is 10.7. The molecule has 97 heavy (non-hydrogen) atoms. The molecule has 2 atom stereocenters. The molecular formula is C77H79N11O9. The van der Waals surface area contributed by atoms with Crippen LogP contribution in [0.25, 0.3) is 44.1 Å². The van der Waals surface area contributed by atoms with Crippen LogP contribution >= 0.6 is 0 Å². The number of H-pyrrole nitrogens is 1. The van der Waals surface area contributed by atoms with Gasteiger partial charge in [-0.1, -0.05) is 127 Å². The van der Waals surface area contributed by atoms with Crippen LogP contribution in [0.2, 0.25) is 0 Å². The first kappa shape index (κ1) is 64.2. The molecule has 0 spiro atoms. The molecule has 0 radical (unpaired) electrons. The Morgan fingerprint density at radius 3 is 2.22 bits per heavy atom. The quantitative estimate of drug-likeness (QED) is 0.0317. The van der Waals surface area contributed by atoms with Crippen LogP contribution in [0.1, 0.15) is 91.5 Å². The van der Waals surface area contributed by atoms with Crippen LogP contribution in [0.3, 0.4) is 0 Å². The summed E-state index contributed by atoms with van der Waals surface area (Å²) < 4.78 is 27.7. The third kappa shape index (κ3) is 13.3. The zero-order valence-corrected chi connectivity index (χ0v) is 55.0. The number of rotatable bonds is 20. The lowest BCUT2D eigenvalue weighted by atomic mass is 9.87. The number of ether oxygens (including phenoxy) is 4. The number of aromatic amines is 1. The summed E-state index contributed by atoms with van der Waals surface area (Å²) in [6, 6.07) is 48.0. The molecular weight excluding hydrogens is 1220 g/mol. The maximum absolute atomic E-state index is 14.8. The number of pyridine rings is 1. The number of amides is 5. The van der Waals surface area contributed by atoms with E-state index in [9.17, 15) is 24.0 Å². The number of methoxy groups -OCH3 is 1. The van der Waals surface area contributed by atoms with Crippen molar-refractivity contribution in [2.75, 3.05) is 76.6 Å². The van der Waals surface area contributed by atoms with Gasteiger partial charge in [0.2, 0.25) is 17.8 Å². The molecule has 3 aromatic heterocycles. The van der Waals surface area contributed by atoms with Gasteiger partial charge in [-0.2, -0.15) is 0 Å². The number of piperidine rings is 2. The number of benzene rings is 6. The molecule has 3 saturated heterocycles. The van der Waals surface area contributed by atoms with Crippen LogP contribution in [-0.4, -0.2) is 144 Å². The standard InChI is InChI=1S/C77H79N11O9/c1-76(80-37-15-18-51-25-30-66(94-4)64(44-51)88-41-34-67(89)82-74(88)92)35-42-86(43-36-76)54-32-39-87(40-33-54)73-81-63-29-26-52(62-47-84(2)72(91)68-58(62)31-38-78-68)46-61(63)70(83-73)77(97-55-27-28-55,53-19-9-6-10-20-53)48-95-49-79-71(90)65(45-50-16-7-5-8-17-50)85(3)75(93)96-69-59-23-13-11-21-56(59)57-22-12-14-24-60(57)69/h5-14,16-17,19-26,29-31,38,44,46-47,54-55,65,69,78,80H,27-28,32-37,39-43,45,48-49H2,1-4H3,(H,79,90)(H,82,89,92)/t65-,77-/m0/s1.